The summed E-state index contributed by atoms with van der Waals surface area (Å²) in [6, 6.07) is 5.59. The van der Waals surface area contributed by atoms with Gasteiger partial charge in [0.15, 0.2) is 12.0 Å². The van der Waals surface area contributed by atoms with E-state index in [-0.39, 0.29) is 6.17 Å². The van der Waals surface area contributed by atoms with E-state index in [1.165, 1.54) is 5.70 Å². The second-order valence-corrected chi connectivity index (χ2v) is 6.27. The van der Waals surface area contributed by atoms with Gasteiger partial charge in [-0.2, -0.15) is 10.2 Å². The van der Waals surface area contributed by atoms with Crippen LogP contribution < -0.4 is 5.43 Å². The van der Waals surface area contributed by atoms with Crippen LogP contribution in [0.25, 0.3) is 5.82 Å². The zero-order chi connectivity index (χ0) is 17.2. The Kier molecular flexibility index (Phi) is 4.23. The minimum absolute atomic E-state index is 0.0143. The van der Waals surface area contributed by atoms with E-state index >= 15 is 0 Å². The van der Waals surface area contributed by atoms with Crippen LogP contribution in [-0.4, -0.2) is 38.4 Å². The Balaban J connectivity index is 1.69. The van der Waals surface area contributed by atoms with E-state index in [0.717, 1.165) is 24.2 Å². The smallest absolute Gasteiger partial charge is 0.172 e. The second kappa shape index (κ2) is 6.68. The van der Waals surface area contributed by atoms with Gasteiger partial charge in [0, 0.05) is 30.7 Å². The minimum atomic E-state index is 0.0143. The highest BCUT2D eigenvalue weighted by Crippen LogP contribution is 2.27. The number of fused-ring (bicyclic) bond motifs is 1. The second-order valence-electron chi connectivity index (χ2n) is 5.87. The normalized spacial score (nSPS) is 18.6. The summed E-state index contributed by atoms with van der Waals surface area (Å²) in [7, 11) is 0. The monoisotopic (exact) mass is 355 g/mol. The van der Waals surface area contributed by atoms with Gasteiger partial charge in [0.1, 0.15) is 6.34 Å². The number of halogens is 1. The maximum Gasteiger partial charge on any atom is 0.172 e. The van der Waals surface area contributed by atoms with Gasteiger partial charge < -0.3 is 4.90 Å². The van der Waals surface area contributed by atoms with Crippen LogP contribution in [0, 0.1) is 0 Å². The summed E-state index contributed by atoms with van der Waals surface area (Å²) in [5, 5.41) is 9.11. The van der Waals surface area contributed by atoms with Crippen LogP contribution in [0.15, 0.2) is 52.1 Å². The van der Waals surface area contributed by atoms with Crippen molar-refractivity contribution in [3.8, 4) is 5.82 Å². The van der Waals surface area contributed by atoms with Gasteiger partial charge in [0.2, 0.25) is 0 Å². The number of hydrogen-bond donors (Lipinski definition) is 1. The van der Waals surface area contributed by atoms with Crippen LogP contribution in [0.4, 0.5) is 0 Å². The third kappa shape index (κ3) is 2.91. The third-order valence-corrected chi connectivity index (χ3v) is 4.50. The van der Waals surface area contributed by atoms with Crippen LogP contribution in [0.3, 0.4) is 0 Å². The molecule has 0 saturated heterocycles. The fourth-order valence-corrected chi connectivity index (χ4v) is 3.25. The number of nitrogens with zero attached hydrogens (tertiary/aromatic N) is 6. The fourth-order valence-electron chi connectivity index (χ4n) is 3.05. The average molecular weight is 356 g/mol. The number of hydrogen-bond acceptors (Lipinski definition) is 6. The Morgan fingerprint density at radius 3 is 3.04 bits per heavy atom. The van der Waals surface area contributed by atoms with Gasteiger partial charge in [-0.1, -0.05) is 24.9 Å². The van der Waals surface area contributed by atoms with Crippen molar-refractivity contribution < 1.29 is 0 Å². The highest BCUT2D eigenvalue weighted by atomic mass is 35.5. The summed E-state index contributed by atoms with van der Waals surface area (Å²) < 4.78 is 1.77. The number of aromatic nitrogens is 3. The molecular weight excluding hydrogens is 338 g/mol. The largest absolute Gasteiger partial charge is 0.306 e. The molecule has 0 radical (unpaired) electrons. The summed E-state index contributed by atoms with van der Waals surface area (Å²) in [6.07, 6.45) is 9.82. The van der Waals surface area contributed by atoms with Crippen LogP contribution in [0.5, 0.6) is 0 Å². The molecule has 2 aromatic rings. The average Bonchev–Trinajstić information content (AvgIpc) is 3.27. The number of rotatable bonds is 5. The number of hydrazone groups is 1. The molecular formula is C17H18ClN7. The molecule has 2 aliphatic heterocycles. The van der Waals surface area contributed by atoms with E-state index in [1.807, 2.05) is 30.8 Å². The van der Waals surface area contributed by atoms with E-state index in [0.29, 0.717) is 17.3 Å². The molecule has 1 N–H and O–H groups in total. The molecule has 7 nitrogen and oxygen atoms in total. The lowest BCUT2D eigenvalue weighted by molar-refractivity contribution is 0.424. The zero-order valence-corrected chi connectivity index (χ0v) is 14.6. The molecule has 0 fully saturated rings. The molecule has 0 amide bonds. The molecule has 4 rings (SSSR count). The van der Waals surface area contributed by atoms with Gasteiger partial charge in [-0.15, -0.1) is 0 Å². The van der Waals surface area contributed by atoms with E-state index in [9.17, 15) is 0 Å². The summed E-state index contributed by atoms with van der Waals surface area (Å²) >= 11 is 6.28. The maximum absolute atomic E-state index is 6.28. The summed E-state index contributed by atoms with van der Waals surface area (Å²) in [6.45, 7) is 2.16. The maximum atomic E-state index is 6.28. The van der Waals surface area contributed by atoms with E-state index in [1.54, 1.807) is 17.1 Å². The van der Waals surface area contributed by atoms with E-state index < -0.39 is 0 Å². The van der Waals surface area contributed by atoms with Crippen molar-refractivity contribution in [2.24, 2.45) is 10.1 Å². The van der Waals surface area contributed by atoms with Gasteiger partial charge in [-0.3, -0.25) is 10.4 Å². The standard InChI is InChI=1S/C17H18ClN7/c1-2-4-15-14(20-10-16-23-21-11-24(15)16)9-12-6-8-22-25(12)17-13(18)5-3-7-19-17/h3,5-8,10-11,16,23H,2,4,9H2,1H3. The molecule has 2 aromatic heterocycles. The molecule has 4 heterocycles. The number of nitrogens with one attached hydrogen (secondary N) is 1. The highest BCUT2D eigenvalue weighted by Gasteiger charge is 2.27. The lowest BCUT2D eigenvalue weighted by Crippen LogP contribution is -2.40. The molecule has 8 heteroatoms. The predicted octanol–water partition coefficient (Wildman–Crippen LogP) is 2.73. The SMILES string of the molecule is CCCC1=C(Cc2ccnn2-c2ncccc2Cl)N=CC2NN=CN12. The fraction of sp³-hybridized carbons (Fsp3) is 0.294. The van der Waals surface area contributed by atoms with Crippen LogP contribution in [0.2, 0.25) is 5.02 Å². The molecule has 1 unspecified atom stereocenters. The van der Waals surface area contributed by atoms with Gasteiger partial charge in [-0.05, 0) is 24.6 Å². The predicted molar refractivity (Wildman–Crippen MR) is 97.8 cm³/mol. The Hall–Kier alpha value is -2.67. The quantitative estimate of drug-likeness (QED) is 0.895. The number of allylic oxidation sites excluding steroid dienone is 2. The molecule has 2 aliphatic rings. The topological polar surface area (TPSA) is 70.7 Å². The van der Waals surface area contributed by atoms with Crippen molar-refractivity contribution in [2.75, 3.05) is 0 Å². The van der Waals surface area contributed by atoms with Gasteiger partial charge in [0.25, 0.3) is 0 Å². The lowest BCUT2D eigenvalue weighted by Gasteiger charge is -2.29. The Labute approximate surface area is 150 Å². The van der Waals surface area contributed by atoms with E-state index in [4.69, 9.17) is 11.6 Å². The molecule has 0 aliphatic carbocycles. The molecule has 25 heavy (non-hydrogen) atoms. The van der Waals surface area contributed by atoms with Crippen LogP contribution >= 0.6 is 11.6 Å². The highest BCUT2D eigenvalue weighted by molar-refractivity contribution is 6.32. The lowest BCUT2D eigenvalue weighted by atomic mass is 10.1. The Morgan fingerprint density at radius 1 is 1.28 bits per heavy atom. The van der Waals surface area contributed by atoms with Gasteiger partial charge >= 0.3 is 0 Å². The summed E-state index contributed by atoms with van der Waals surface area (Å²) in [4.78, 5) is 11.2. The molecule has 128 valence electrons. The Morgan fingerprint density at radius 2 is 2.20 bits per heavy atom. The molecule has 0 bridgehead atoms. The summed E-state index contributed by atoms with van der Waals surface area (Å²) in [5.41, 5.74) is 6.23. The third-order valence-electron chi connectivity index (χ3n) is 4.20. The van der Waals surface area contributed by atoms with Gasteiger partial charge in [-0.25, -0.2) is 9.67 Å². The first-order valence-electron chi connectivity index (χ1n) is 8.25. The Bertz CT molecular complexity index is 867. The first kappa shape index (κ1) is 15.8. The van der Waals surface area contributed by atoms with Crippen molar-refractivity contribution in [3.63, 3.8) is 0 Å². The number of pyridine rings is 1. The minimum Gasteiger partial charge on any atom is -0.306 e. The zero-order valence-electron chi connectivity index (χ0n) is 13.8. The van der Waals surface area contributed by atoms with Crippen molar-refractivity contribution in [2.45, 2.75) is 32.4 Å². The van der Waals surface area contributed by atoms with Gasteiger partial charge in [0.05, 0.1) is 16.4 Å². The summed E-state index contributed by atoms with van der Waals surface area (Å²) in [5.74, 6) is 0.629. The molecule has 0 saturated carbocycles. The van der Waals surface area contributed by atoms with Crippen LogP contribution in [0.1, 0.15) is 25.5 Å². The van der Waals surface area contributed by atoms with Crippen molar-refractivity contribution in [1.82, 2.24) is 25.1 Å². The van der Waals surface area contributed by atoms with Crippen molar-refractivity contribution in [3.05, 3.63) is 52.7 Å². The molecule has 0 spiro atoms. The first-order valence-corrected chi connectivity index (χ1v) is 8.62. The van der Waals surface area contributed by atoms with Crippen molar-refractivity contribution in [1.29, 1.82) is 0 Å². The van der Waals surface area contributed by atoms with Crippen molar-refractivity contribution >= 4 is 24.2 Å². The van der Waals surface area contributed by atoms with Crippen LogP contribution in [-0.2, 0) is 6.42 Å². The van der Waals surface area contributed by atoms with E-state index in [2.05, 4.69) is 37.4 Å². The molecule has 1 atom stereocenters. The molecule has 0 aromatic carbocycles. The first-order chi connectivity index (χ1) is 12.3. The number of aliphatic imine (C=N–C) groups is 1.